The van der Waals surface area contributed by atoms with Crippen molar-refractivity contribution in [2.24, 2.45) is 0 Å². The molecule has 0 aromatic carbocycles. The van der Waals surface area contributed by atoms with Crippen molar-refractivity contribution in [3.05, 3.63) is 46.3 Å². The number of anilines is 1. The molecule has 3 rings (SSSR count). The van der Waals surface area contributed by atoms with E-state index in [0.717, 1.165) is 42.9 Å². The fraction of sp³-hybridized carbons (Fsp3) is 0.500. The minimum atomic E-state index is -0.00608. The molecule has 2 aromatic heterocycles. The number of nitrogens with zero attached hydrogens (tertiary/aromatic N) is 4. The lowest BCUT2D eigenvalue weighted by Crippen LogP contribution is -2.33. The third-order valence-electron chi connectivity index (χ3n) is 4.16. The van der Waals surface area contributed by atoms with Crippen molar-refractivity contribution in [1.82, 2.24) is 19.7 Å². The molecule has 1 saturated carbocycles. The highest BCUT2D eigenvalue weighted by atomic mass is 16.1. The molecule has 22 heavy (non-hydrogen) atoms. The summed E-state index contributed by atoms with van der Waals surface area (Å²) in [7, 11) is 0. The maximum Gasteiger partial charge on any atom is 0.267 e. The molecule has 116 valence electrons. The highest BCUT2D eigenvalue weighted by Gasteiger charge is 2.23. The third kappa shape index (κ3) is 3.32. The molecule has 0 aliphatic heterocycles. The van der Waals surface area contributed by atoms with Crippen LogP contribution in [-0.4, -0.2) is 25.8 Å². The summed E-state index contributed by atoms with van der Waals surface area (Å²) in [4.78, 5) is 20.3. The highest BCUT2D eigenvalue weighted by Crippen LogP contribution is 2.28. The summed E-state index contributed by atoms with van der Waals surface area (Å²) < 4.78 is 1.65. The van der Waals surface area contributed by atoms with Gasteiger partial charge in [-0.15, -0.1) is 0 Å². The van der Waals surface area contributed by atoms with E-state index >= 15 is 0 Å². The lowest BCUT2D eigenvalue weighted by atomic mass is 9.91. The first-order valence-electron chi connectivity index (χ1n) is 7.73. The Morgan fingerprint density at radius 2 is 1.86 bits per heavy atom. The molecule has 2 heterocycles. The van der Waals surface area contributed by atoms with Crippen LogP contribution in [0.3, 0.4) is 0 Å². The minimum absolute atomic E-state index is 0.00608. The summed E-state index contributed by atoms with van der Waals surface area (Å²) in [6, 6.07) is 5.93. The predicted molar refractivity (Wildman–Crippen MR) is 84.9 cm³/mol. The van der Waals surface area contributed by atoms with Gasteiger partial charge < -0.3 is 5.32 Å². The molecule has 0 saturated heterocycles. The van der Waals surface area contributed by atoms with Crippen molar-refractivity contribution < 1.29 is 0 Å². The van der Waals surface area contributed by atoms with Crippen molar-refractivity contribution in [2.75, 3.05) is 5.32 Å². The zero-order valence-electron chi connectivity index (χ0n) is 13.0. The summed E-state index contributed by atoms with van der Waals surface area (Å²) in [6.07, 6.45) is 5.52. The summed E-state index contributed by atoms with van der Waals surface area (Å²) in [5.41, 5.74) is 1.84. The van der Waals surface area contributed by atoms with E-state index in [1.807, 2.05) is 19.9 Å². The Kier molecular flexibility index (Phi) is 4.18. The number of aromatic nitrogens is 4. The van der Waals surface area contributed by atoms with Crippen molar-refractivity contribution in [3.8, 4) is 0 Å². The van der Waals surface area contributed by atoms with Crippen LogP contribution in [0.25, 0.3) is 0 Å². The van der Waals surface area contributed by atoms with Crippen molar-refractivity contribution in [2.45, 2.75) is 51.6 Å². The molecule has 0 amide bonds. The van der Waals surface area contributed by atoms with E-state index < -0.39 is 0 Å². The SMILES string of the molecule is Cc1cc(NC2CCC(n3nc(C)ccc3=O)CC2)ncn1. The Morgan fingerprint density at radius 3 is 2.59 bits per heavy atom. The van der Waals surface area contributed by atoms with E-state index in [4.69, 9.17) is 0 Å². The molecule has 0 unspecified atom stereocenters. The van der Waals surface area contributed by atoms with Gasteiger partial charge in [-0.3, -0.25) is 4.79 Å². The van der Waals surface area contributed by atoms with E-state index in [0.29, 0.717) is 6.04 Å². The van der Waals surface area contributed by atoms with Crippen molar-refractivity contribution in [3.63, 3.8) is 0 Å². The Hall–Kier alpha value is -2.24. The lowest BCUT2D eigenvalue weighted by molar-refractivity contribution is 0.302. The van der Waals surface area contributed by atoms with Gasteiger partial charge in [0.2, 0.25) is 0 Å². The van der Waals surface area contributed by atoms with Crippen LogP contribution in [0, 0.1) is 13.8 Å². The van der Waals surface area contributed by atoms with Crippen LogP contribution in [-0.2, 0) is 0 Å². The van der Waals surface area contributed by atoms with Crippen LogP contribution < -0.4 is 10.9 Å². The number of nitrogens with one attached hydrogen (secondary N) is 1. The summed E-state index contributed by atoms with van der Waals surface area (Å²) in [5, 5.41) is 7.84. The van der Waals surface area contributed by atoms with Crippen LogP contribution in [0.4, 0.5) is 5.82 Å². The zero-order valence-corrected chi connectivity index (χ0v) is 13.0. The normalized spacial score (nSPS) is 21.5. The van der Waals surface area contributed by atoms with Gasteiger partial charge in [0.15, 0.2) is 0 Å². The molecule has 0 bridgehead atoms. The van der Waals surface area contributed by atoms with Gasteiger partial charge in [-0.05, 0) is 45.6 Å². The number of rotatable bonds is 3. The van der Waals surface area contributed by atoms with Crippen LogP contribution >= 0.6 is 0 Å². The number of hydrogen-bond acceptors (Lipinski definition) is 5. The Balaban J connectivity index is 1.63. The fourth-order valence-corrected chi connectivity index (χ4v) is 2.99. The largest absolute Gasteiger partial charge is 0.367 e. The number of hydrogen-bond donors (Lipinski definition) is 1. The van der Waals surface area contributed by atoms with Crippen LogP contribution in [0.1, 0.15) is 43.1 Å². The summed E-state index contributed by atoms with van der Waals surface area (Å²) >= 11 is 0. The predicted octanol–water partition coefficient (Wildman–Crippen LogP) is 2.25. The van der Waals surface area contributed by atoms with E-state index in [1.165, 1.54) is 0 Å². The topological polar surface area (TPSA) is 72.7 Å². The van der Waals surface area contributed by atoms with Crippen LogP contribution in [0.2, 0.25) is 0 Å². The smallest absolute Gasteiger partial charge is 0.267 e. The molecule has 6 nitrogen and oxygen atoms in total. The lowest BCUT2D eigenvalue weighted by Gasteiger charge is -2.29. The second kappa shape index (κ2) is 6.25. The Labute approximate surface area is 129 Å². The van der Waals surface area contributed by atoms with Gasteiger partial charge in [0.25, 0.3) is 5.56 Å². The molecule has 6 heteroatoms. The zero-order chi connectivity index (χ0) is 15.5. The van der Waals surface area contributed by atoms with E-state index in [9.17, 15) is 4.79 Å². The van der Waals surface area contributed by atoms with Crippen molar-refractivity contribution >= 4 is 5.82 Å². The maximum absolute atomic E-state index is 11.9. The van der Waals surface area contributed by atoms with Gasteiger partial charge >= 0.3 is 0 Å². The molecule has 0 radical (unpaired) electrons. The van der Waals surface area contributed by atoms with Gasteiger partial charge in [-0.1, -0.05) is 0 Å². The van der Waals surface area contributed by atoms with Gasteiger partial charge in [-0.2, -0.15) is 5.10 Å². The Bertz CT molecular complexity index is 704. The summed E-state index contributed by atoms with van der Waals surface area (Å²) in [5.74, 6) is 0.877. The molecular weight excluding hydrogens is 278 g/mol. The highest BCUT2D eigenvalue weighted by molar-refractivity contribution is 5.35. The van der Waals surface area contributed by atoms with E-state index in [-0.39, 0.29) is 11.6 Å². The molecule has 1 N–H and O–H groups in total. The van der Waals surface area contributed by atoms with Crippen LogP contribution in [0.15, 0.2) is 29.3 Å². The maximum atomic E-state index is 11.9. The molecule has 0 spiro atoms. The average Bonchev–Trinajstić information content (AvgIpc) is 2.51. The fourth-order valence-electron chi connectivity index (χ4n) is 2.99. The Morgan fingerprint density at radius 1 is 1.09 bits per heavy atom. The molecule has 2 aromatic rings. The minimum Gasteiger partial charge on any atom is -0.367 e. The number of aryl methyl sites for hydroxylation is 2. The van der Waals surface area contributed by atoms with E-state index in [1.54, 1.807) is 23.1 Å². The molecule has 1 fully saturated rings. The first kappa shape index (κ1) is 14.7. The second-order valence-electron chi connectivity index (χ2n) is 5.95. The van der Waals surface area contributed by atoms with Gasteiger partial charge in [0, 0.05) is 23.9 Å². The summed E-state index contributed by atoms with van der Waals surface area (Å²) in [6.45, 7) is 3.88. The van der Waals surface area contributed by atoms with E-state index in [2.05, 4.69) is 20.4 Å². The quantitative estimate of drug-likeness (QED) is 0.941. The first-order chi connectivity index (χ1) is 10.6. The van der Waals surface area contributed by atoms with Gasteiger partial charge in [0.1, 0.15) is 12.1 Å². The molecule has 0 atom stereocenters. The molecule has 1 aliphatic carbocycles. The van der Waals surface area contributed by atoms with Gasteiger partial charge in [-0.25, -0.2) is 14.6 Å². The monoisotopic (exact) mass is 299 g/mol. The molecular formula is C16H21N5O. The van der Waals surface area contributed by atoms with Gasteiger partial charge in [0.05, 0.1) is 11.7 Å². The first-order valence-corrected chi connectivity index (χ1v) is 7.73. The molecule has 1 aliphatic rings. The third-order valence-corrected chi connectivity index (χ3v) is 4.16. The average molecular weight is 299 g/mol. The standard InChI is InChI=1S/C16H21N5O/c1-11-3-8-16(22)21(20-11)14-6-4-13(5-7-14)19-15-9-12(2)17-10-18-15/h3,8-10,13-14H,4-7H2,1-2H3,(H,17,18,19). The van der Waals surface area contributed by atoms with Crippen LogP contribution in [0.5, 0.6) is 0 Å². The van der Waals surface area contributed by atoms with Crippen molar-refractivity contribution in [1.29, 1.82) is 0 Å². The second-order valence-corrected chi connectivity index (χ2v) is 5.95.